The number of aromatic nitrogens is 1. The van der Waals surface area contributed by atoms with Gasteiger partial charge in [0.05, 0.1) is 15.7 Å². The smallest absolute Gasteiger partial charge is 0.234 e. The lowest BCUT2D eigenvalue weighted by Crippen LogP contribution is -2.16. The molecule has 4 nitrogen and oxygen atoms in total. The van der Waals surface area contributed by atoms with Gasteiger partial charge in [0.1, 0.15) is 0 Å². The molecule has 0 radical (unpaired) electrons. The number of nitrogens with zero attached hydrogens (tertiary/aromatic N) is 1. The van der Waals surface area contributed by atoms with Crippen LogP contribution in [0.3, 0.4) is 0 Å². The molecule has 0 aliphatic heterocycles. The normalized spacial score (nSPS) is 11.6. The predicted molar refractivity (Wildman–Crippen MR) is 62.1 cm³/mol. The minimum Gasteiger partial charge on any atom is -0.259 e. The van der Waals surface area contributed by atoms with Crippen LogP contribution in [0.25, 0.3) is 0 Å². The molecule has 0 bridgehead atoms. The Morgan fingerprint density at radius 2 is 2.36 bits per heavy atom. The molecule has 0 fully saturated rings. The van der Waals surface area contributed by atoms with Crippen LogP contribution in [0.4, 0.5) is 5.13 Å². The molecule has 0 spiro atoms. The van der Waals surface area contributed by atoms with E-state index in [0.717, 1.165) is 10.2 Å². The standard InChI is InChI=1S/C7H11BrN2O2S2/c1-2-3-4-14(11,12)10-7-9-5-6(8)13-7/h5H,2-4H2,1H3,(H,9,10). The maximum atomic E-state index is 11.4. The maximum Gasteiger partial charge on any atom is 0.234 e. The van der Waals surface area contributed by atoms with Crippen molar-refractivity contribution in [2.45, 2.75) is 19.8 Å². The number of hydrogen-bond donors (Lipinski definition) is 1. The van der Waals surface area contributed by atoms with Gasteiger partial charge in [0, 0.05) is 0 Å². The quantitative estimate of drug-likeness (QED) is 0.908. The molecule has 0 amide bonds. The van der Waals surface area contributed by atoms with Crippen molar-refractivity contribution in [3.63, 3.8) is 0 Å². The van der Waals surface area contributed by atoms with Crippen molar-refractivity contribution < 1.29 is 8.42 Å². The van der Waals surface area contributed by atoms with Gasteiger partial charge in [-0.05, 0) is 22.4 Å². The molecule has 0 aliphatic carbocycles. The fourth-order valence-corrected chi connectivity index (χ4v) is 3.42. The van der Waals surface area contributed by atoms with Gasteiger partial charge in [0.15, 0.2) is 5.13 Å². The second-order valence-corrected chi connectivity index (χ2v) is 7.00. The monoisotopic (exact) mass is 298 g/mol. The van der Waals surface area contributed by atoms with E-state index in [1.54, 1.807) is 6.20 Å². The van der Waals surface area contributed by atoms with E-state index in [0.29, 0.717) is 11.6 Å². The molecule has 0 aliphatic rings. The van der Waals surface area contributed by atoms with Gasteiger partial charge in [-0.25, -0.2) is 13.4 Å². The molecule has 14 heavy (non-hydrogen) atoms. The van der Waals surface area contributed by atoms with Crippen molar-refractivity contribution in [1.29, 1.82) is 0 Å². The van der Waals surface area contributed by atoms with E-state index in [1.165, 1.54) is 11.3 Å². The fourth-order valence-electron chi connectivity index (χ4n) is 0.820. The molecular formula is C7H11BrN2O2S2. The van der Waals surface area contributed by atoms with Gasteiger partial charge >= 0.3 is 0 Å². The van der Waals surface area contributed by atoms with Crippen LogP contribution >= 0.6 is 27.3 Å². The average Bonchev–Trinajstić information content (AvgIpc) is 2.47. The number of anilines is 1. The van der Waals surface area contributed by atoms with Gasteiger partial charge in [0.2, 0.25) is 10.0 Å². The largest absolute Gasteiger partial charge is 0.259 e. The van der Waals surface area contributed by atoms with E-state index in [4.69, 9.17) is 0 Å². The first-order chi connectivity index (χ1) is 6.53. The summed E-state index contributed by atoms with van der Waals surface area (Å²) >= 11 is 4.48. The van der Waals surface area contributed by atoms with E-state index in [-0.39, 0.29) is 5.75 Å². The molecule has 80 valence electrons. The lowest BCUT2D eigenvalue weighted by Gasteiger charge is -2.02. The molecule has 0 unspecified atom stereocenters. The number of unbranched alkanes of at least 4 members (excludes halogenated alkanes) is 1. The third kappa shape index (κ3) is 3.93. The highest BCUT2D eigenvalue weighted by Gasteiger charge is 2.11. The molecule has 0 saturated carbocycles. The molecule has 0 aromatic carbocycles. The maximum absolute atomic E-state index is 11.4. The summed E-state index contributed by atoms with van der Waals surface area (Å²) in [4.78, 5) is 3.89. The molecule has 1 aromatic heterocycles. The number of rotatable bonds is 5. The van der Waals surface area contributed by atoms with Gasteiger partial charge in [-0.1, -0.05) is 24.7 Å². The van der Waals surface area contributed by atoms with Gasteiger partial charge in [0.25, 0.3) is 0 Å². The summed E-state index contributed by atoms with van der Waals surface area (Å²) in [6, 6.07) is 0. The Labute approximate surface area is 95.9 Å². The van der Waals surface area contributed by atoms with Crippen LogP contribution in [0.1, 0.15) is 19.8 Å². The highest BCUT2D eigenvalue weighted by atomic mass is 79.9. The van der Waals surface area contributed by atoms with Gasteiger partial charge in [-0.3, -0.25) is 4.72 Å². The summed E-state index contributed by atoms with van der Waals surface area (Å²) in [5.41, 5.74) is 0. The van der Waals surface area contributed by atoms with E-state index in [9.17, 15) is 8.42 Å². The molecule has 1 rings (SSSR count). The Kier molecular flexibility index (Phi) is 4.33. The van der Waals surface area contributed by atoms with Crippen LogP contribution in [-0.4, -0.2) is 19.2 Å². The van der Waals surface area contributed by atoms with Gasteiger partial charge in [-0.2, -0.15) is 0 Å². The molecule has 1 N–H and O–H groups in total. The van der Waals surface area contributed by atoms with Crippen LogP contribution in [0.5, 0.6) is 0 Å². The SMILES string of the molecule is CCCCS(=O)(=O)Nc1ncc(Br)s1. The van der Waals surface area contributed by atoms with Crippen LogP contribution in [-0.2, 0) is 10.0 Å². The highest BCUT2D eigenvalue weighted by molar-refractivity contribution is 9.11. The number of sulfonamides is 1. The lowest BCUT2D eigenvalue weighted by molar-refractivity contribution is 0.598. The second-order valence-electron chi connectivity index (χ2n) is 2.74. The van der Waals surface area contributed by atoms with E-state index in [1.807, 2.05) is 6.92 Å². The van der Waals surface area contributed by atoms with E-state index in [2.05, 4.69) is 25.6 Å². The summed E-state index contributed by atoms with van der Waals surface area (Å²) in [5, 5.41) is 0.410. The number of hydrogen-bond acceptors (Lipinski definition) is 4. The van der Waals surface area contributed by atoms with Crippen molar-refractivity contribution in [3.05, 3.63) is 9.98 Å². The summed E-state index contributed by atoms with van der Waals surface area (Å²) < 4.78 is 26.1. The van der Waals surface area contributed by atoms with E-state index < -0.39 is 10.0 Å². The van der Waals surface area contributed by atoms with Crippen LogP contribution in [0, 0.1) is 0 Å². The van der Waals surface area contributed by atoms with Crippen molar-refractivity contribution in [2.75, 3.05) is 10.5 Å². The molecule has 0 atom stereocenters. The van der Waals surface area contributed by atoms with Crippen molar-refractivity contribution in [3.8, 4) is 0 Å². The zero-order valence-corrected chi connectivity index (χ0v) is 10.9. The Bertz CT molecular complexity index is 388. The Hall–Kier alpha value is -0.140. The molecular weight excluding hydrogens is 288 g/mol. The summed E-state index contributed by atoms with van der Waals surface area (Å²) in [6.45, 7) is 1.95. The van der Waals surface area contributed by atoms with E-state index >= 15 is 0 Å². The van der Waals surface area contributed by atoms with Crippen molar-refractivity contribution in [2.24, 2.45) is 0 Å². The summed E-state index contributed by atoms with van der Waals surface area (Å²) in [5.74, 6) is 0.153. The summed E-state index contributed by atoms with van der Waals surface area (Å²) in [7, 11) is -3.21. The molecule has 0 saturated heterocycles. The zero-order valence-electron chi connectivity index (χ0n) is 7.66. The minimum absolute atomic E-state index is 0.153. The van der Waals surface area contributed by atoms with Crippen LogP contribution in [0.15, 0.2) is 9.98 Å². The van der Waals surface area contributed by atoms with Gasteiger partial charge < -0.3 is 0 Å². The predicted octanol–water partition coefficient (Wildman–Crippen LogP) is 2.45. The second kappa shape index (κ2) is 5.09. The first kappa shape index (κ1) is 11.9. The number of nitrogens with one attached hydrogen (secondary N) is 1. The third-order valence-corrected chi connectivity index (χ3v) is 4.34. The molecule has 1 heterocycles. The average molecular weight is 299 g/mol. The van der Waals surface area contributed by atoms with Crippen LogP contribution < -0.4 is 4.72 Å². The lowest BCUT2D eigenvalue weighted by atomic mass is 10.4. The van der Waals surface area contributed by atoms with Crippen molar-refractivity contribution >= 4 is 42.4 Å². The molecule has 1 aromatic rings. The topological polar surface area (TPSA) is 59.1 Å². The fraction of sp³-hybridized carbons (Fsp3) is 0.571. The first-order valence-electron chi connectivity index (χ1n) is 4.15. The number of thiazole rings is 1. The van der Waals surface area contributed by atoms with Crippen LogP contribution in [0.2, 0.25) is 0 Å². The number of halogens is 1. The molecule has 7 heteroatoms. The zero-order chi connectivity index (χ0) is 10.6. The Morgan fingerprint density at radius 1 is 1.64 bits per heavy atom. The Morgan fingerprint density at radius 3 is 2.86 bits per heavy atom. The Balaban J connectivity index is 2.59. The third-order valence-electron chi connectivity index (χ3n) is 1.49. The first-order valence-corrected chi connectivity index (χ1v) is 7.41. The minimum atomic E-state index is -3.21. The summed E-state index contributed by atoms with van der Waals surface area (Å²) in [6.07, 6.45) is 3.10. The highest BCUT2D eigenvalue weighted by Crippen LogP contribution is 2.23. The van der Waals surface area contributed by atoms with Gasteiger partial charge in [-0.15, -0.1) is 0 Å². The van der Waals surface area contributed by atoms with Crippen molar-refractivity contribution in [1.82, 2.24) is 4.98 Å².